The van der Waals surface area contributed by atoms with E-state index in [9.17, 15) is 0 Å². The van der Waals surface area contributed by atoms with E-state index in [1.165, 1.54) is 0 Å². The van der Waals surface area contributed by atoms with Gasteiger partial charge in [-0.05, 0) is 26.2 Å². The number of ether oxygens (including phenoxy) is 1. The molecule has 1 saturated heterocycles. The largest absolute Gasteiger partial charge is 0.473 e. The Morgan fingerprint density at radius 1 is 1.17 bits per heavy atom. The third-order valence-electron chi connectivity index (χ3n) is 3.88. The lowest BCUT2D eigenvalue weighted by Gasteiger charge is -2.32. The van der Waals surface area contributed by atoms with Crippen LogP contribution >= 0.6 is 11.8 Å². The number of hydrogen-bond acceptors (Lipinski definition) is 7. The van der Waals surface area contributed by atoms with E-state index in [1.54, 1.807) is 18.0 Å². The highest BCUT2D eigenvalue weighted by molar-refractivity contribution is 7.98. The van der Waals surface area contributed by atoms with Crippen molar-refractivity contribution in [1.29, 1.82) is 0 Å². The topological polar surface area (TPSA) is 64.0 Å². The maximum atomic E-state index is 6.06. The number of nitrogens with zero attached hydrogens (tertiary/aromatic N) is 5. The van der Waals surface area contributed by atoms with Crippen LogP contribution in [0.1, 0.15) is 24.2 Å². The fraction of sp³-hybridized carbons (Fsp3) is 0.500. The number of anilines is 1. The zero-order valence-corrected chi connectivity index (χ0v) is 14.5. The van der Waals surface area contributed by atoms with E-state index in [4.69, 9.17) is 4.74 Å². The van der Waals surface area contributed by atoms with Crippen molar-refractivity contribution in [1.82, 2.24) is 19.9 Å². The zero-order valence-electron chi connectivity index (χ0n) is 13.7. The first-order valence-corrected chi connectivity index (χ1v) is 8.97. The predicted octanol–water partition coefficient (Wildman–Crippen LogP) is 2.65. The minimum Gasteiger partial charge on any atom is -0.473 e. The average Bonchev–Trinajstić information content (AvgIpc) is 2.59. The smallest absolute Gasteiger partial charge is 0.235 e. The number of aryl methyl sites for hydroxylation is 2. The van der Waals surface area contributed by atoms with Crippen LogP contribution < -0.4 is 9.64 Å². The Morgan fingerprint density at radius 2 is 1.96 bits per heavy atom. The molecule has 1 fully saturated rings. The Kier molecular flexibility index (Phi) is 4.95. The molecule has 0 aliphatic carbocycles. The lowest BCUT2D eigenvalue weighted by molar-refractivity contribution is 0.161. The summed E-state index contributed by atoms with van der Waals surface area (Å²) in [4.78, 5) is 19.8. The summed E-state index contributed by atoms with van der Waals surface area (Å²) in [7, 11) is 0. The monoisotopic (exact) mass is 331 g/mol. The zero-order chi connectivity index (χ0) is 16.2. The van der Waals surface area contributed by atoms with E-state index in [-0.39, 0.29) is 6.10 Å². The highest BCUT2D eigenvalue weighted by Gasteiger charge is 2.22. The maximum absolute atomic E-state index is 6.06. The van der Waals surface area contributed by atoms with Crippen LogP contribution in [0.5, 0.6) is 5.88 Å². The second-order valence-electron chi connectivity index (χ2n) is 5.61. The molecule has 2 aromatic rings. The van der Waals surface area contributed by atoms with Gasteiger partial charge < -0.3 is 9.64 Å². The number of rotatable bonds is 4. The van der Waals surface area contributed by atoms with Crippen molar-refractivity contribution < 1.29 is 4.74 Å². The summed E-state index contributed by atoms with van der Waals surface area (Å²) < 4.78 is 6.06. The molecule has 1 aliphatic heterocycles. The molecular weight excluding hydrogens is 310 g/mol. The van der Waals surface area contributed by atoms with Gasteiger partial charge in [-0.2, -0.15) is 0 Å². The van der Waals surface area contributed by atoms with E-state index >= 15 is 0 Å². The highest BCUT2D eigenvalue weighted by atomic mass is 32.2. The van der Waals surface area contributed by atoms with Crippen LogP contribution in [0, 0.1) is 13.8 Å². The van der Waals surface area contributed by atoms with Crippen molar-refractivity contribution >= 4 is 17.6 Å². The Balaban J connectivity index is 1.61. The van der Waals surface area contributed by atoms with Crippen LogP contribution in [0.2, 0.25) is 0 Å². The quantitative estimate of drug-likeness (QED) is 0.630. The summed E-state index contributed by atoms with van der Waals surface area (Å²) in [6.45, 7) is 5.71. The highest BCUT2D eigenvalue weighted by Crippen LogP contribution is 2.23. The van der Waals surface area contributed by atoms with Gasteiger partial charge in [0.15, 0.2) is 5.16 Å². The van der Waals surface area contributed by atoms with E-state index in [1.807, 2.05) is 32.4 Å². The van der Waals surface area contributed by atoms with Gasteiger partial charge in [-0.3, -0.25) is 4.98 Å². The molecule has 0 radical (unpaired) electrons. The van der Waals surface area contributed by atoms with E-state index < -0.39 is 0 Å². The van der Waals surface area contributed by atoms with E-state index in [0.717, 1.165) is 48.3 Å². The van der Waals surface area contributed by atoms with E-state index in [0.29, 0.717) is 5.88 Å². The van der Waals surface area contributed by atoms with Crippen molar-refractivity contribution in [2.75, 3.05) is 24.2 Å². The van der Waals surface area contributed by atoms with Gasteiger partial charge in [-0.1, -0.05) is 11.8 Å². The molecule has 122 valence electrons. The van der Waals surface area contributed by atoms with Gasteiger partial charge in [0.1, 0.15) is 11.9 Å². The van der Waals surface area contributed by atoms with Gasteiger partial charge in [-0.25, -0.2) is 15.0 Å². The number of piperidine rings is 1. The molecule has 2 aromatic heterocycles. The first kappa shape index (κ1) is 16.0. The summed E-state index contributed by atoms with van der Waals surface area (Å²) in [5, 5.41) is 0.812. The molecule has 0 N–H and O–H groups in total. The minimum absolute atomic E-state index is 0.183. The third-order valence-corrected chi connectivity index (χ3v) is 4.44. The summed E-state index contributed by atoms with van der Waals surface area (Å²) in [6.07, 6.45) is 7.67. The molecule has 3 heterocycles. The predicted molar refractivity (Wildman–Crippen MR) is 91.2 cm³/mol. The van der Waals surface area contributed by atoms with Gasteiger partial charge in [0.05, 0.1) is 11.4 Å². The van der Waals surface area contributed by atoms with Crippen LogP contribution in [0.15, 0.2) is 23.6 Å². The number of hydrogen-bond donors (Lipinski definition) is 0. The SMILES string of the molecule is CSc1nccc(N2CCC(Oc3nc(C)cnc3C)CC2)n1. The van der Waals surface area contributed by atoms with Gasteiger partial charge in [0.2, 0.25) is 5.88 Å². The summed E-state index contributed by atoms with van der Waals surface area (Å²) >= 11 is 1.56. The Morgan fingerprint density at radius 3 is 2.70 bits per heavy atom. The molecule has 0 amide bonds. The lowest BCUT2D eigenvalue weighted by atomic mass is 10.1. The van der Waals surface area contributed by atoms with Crippen molar-refractivity contribution in [2.24, 2.45) is 0 Å². The second-order valence-corrected chi connectivity index (χ2v) is 6.38. The molecule has 0 atom stereocenters. The molecule has 23 heavy (non-hydrogen) atoms. The molecule has 0 bridgehead atoms. The van der Waals surface area contributed by atoms with Crippen LogP contribution in [-0.2, 0) is 0 Å². The summed E-state index contributed by atoms with van der Waals surface area (Å²) in [5.41, 5.74) is 1.73. The van der Waals surface area contributed by atoms with Crippen LogP contribution in [0.25, 0.3) is 0 Å². The maximum Gasteiger partial charge on any atom is 0.235 e. The molecule has 3 rings (SSSR count). The van der Waals surface area contributed by atoms with Gasteiger partial charge in [-0.15, -0.1) is 0 Å². The van der Waals surface area contributed by atoms with Crippen molar-refractivity contribution in [3.8, 4) is 5.88 Å². The first-order chi connectivity index (χ1) is 11.2. The first-order valence-electron chi connectivity index (χ1n) is 7.74. The third kappa shape index (κ3) is 3.90. The standard InChI is InChI=1S/C16H21N5OS/c1-11-10-18-12(2)15(19-11)22-13-5-8-21(9-6-13)14-4-7-17-16(20-14)23-3/h4,7,10,13H,5-6,8-9H2,1-3H3. The Labute approximate surface area is 140 Å². The molecule has 7 heteroatoms. The molecular formula is C16H21N5OS. The molecule has 1 aliphatic rings. The summed E-state index contributed by atoms with van der Waals surface area (Å²) in [5.74, 6) is 1.66. The second kappa shape index (κ2) is 7.12. The van der Waals surface area contributed by atoms with E-state index in [2.05, 4.69) is 24.8 Å². The van der Waals surface area contributed by atoms with Gasteiger partial charge >= 0.3 is 0 Å². The normalized spacial score (nSPS) is 15.7. The fourth-order valence-corrected chi connectivity index (χ4v) is 2.95. The van der Waals surface area contributed by atoms with Crippen molar-refractivity contribution in [2.45, 2.75) is 37.9 Å². The molecule has 0 spiro atoms. The fourth-order valence-electron chi connectivity index (χ4n) is 2.59. The summed E-state index contributed by atoms with van der Waals surface area (Å²) in [6, 6.07) is 1.97. The van der Waals surface area contributed by atoms with Gasteiger partial charge in [0, 0.05) is 38.3 Å². The van der Waals surface area contributed by atoms with Crippen LogP contribution in [-0.4, -0.2) is 45.4 Å². The lowest BCUT2D eigenvalue weighted by Crippen LogP contribution is -2.39. The van der Waals surface area contributed by atoms with Crippen molar-refractivity contribution in [3.63, 3.8) is 0 Å². The van der Waals surface area contributed by atoms with Gasteiger partial charge in [0.25, 0.3) is 0 Å². The Bertz CT molecular complexity index is 673. The number of thioether (sulfide) groups is 1. The van der Waals surface area contributed by atoms with Crippen LogP contribution in [0.4, 0.5) is 5.82 Å². The number of aromatic nitrogens is 4. The molecule has 0 saturated carbocycles. The molecule has 0 aromatic carbocycles. The van der Waals surface area contributed by atoms with Crippen LogP contribution in [0.3, 0.4) is 0 Å². The Hall–Kier alpha value is -1.89. The molecule has 0 unspecified atom stereocenters. The molecule has 6 nitrogen and oxygen atoms in total. The average molecular weight is 331 g/mol. The van der Waals surface area contributed by atoms with Crippen molar-refractivity contribution in [3.05, 3.63) is 29.8 Å². The minimum atomic E-state index is 0.183.